The Labute approximate surface area is 129 Å². The number of rotatable bonds is 4. The lowest BCUT2D eigenvalue weighted by atomic mass is 10.0. The topological polar surface area (TPSA) is 56.4 Å². The van der Waals surface area contributed by atoms with E-state index in [4.69, 9.17) is 11.1 Å². The monoisotopic (exact) mass is 338 g/mol. The second-order valence-electron chi connectivity index (χ2n) is 5.35. The first-order chi connectivity index (χ1) is 9.52. The van der Waals surface area contributed by atoms with Crippen molar-refractivity contribution in [2.75, 3.05) is 31.6 Å². The Kier molecular flexibility index (Phi) is 5.05. The van der Waals surface area contributed by atoms with Crippen LogP contribution < -0.4 is 10.6 Å². The number of piperidine rings is 1. The molecule has 0 radical (unpaired) electrons. The zero-order valence-electron chi connectivity index (χ0n) is 12.2. The van der Waals surface area contributed by atoms with Gasteiger partial charge in [-0.25, -0.2) is 0 Å². The second-order valence-corrected chi connectivity index (χ2v) is 6.21. The van der Waals surface area contributed by atoms with E-state index < -0.39 is 0 Å². The van der Waals surface area contributed by atoms with Crippen molar-refractivity contribution >= 4 is 27.5 Å². The molecule has 4 nitrogen and oxygen atoms in total. The maximum absolute atomic E-state index is 7.52. The smallest absolute Gasteiger partial charge is 0.123 e. The van der Waals surface area contributed by atoms with Crippen LogP contribution in [0.4, 0.5) is 5.69 Å². The van der Waals surface area contributed by atoms with Gasteiger partial charge in [0.05, 0.1) is 0 Å². The molecule has 0 saturated carbocycles. The van der Waals surface area contributed by atoms with Crippen molar-refractivity contribution in [3.8, 4) is 0 Å². The van der Waals surface area contributed by atoms with E-state index in [1.165, 1.54) is 31.6 Å². The summed E-state index contributed by atoms with van der Waals surface area (Å²) >= 11 is 3.51. The summed E-state index contributed by atoms with van der Waals surface area (Å²) in [4.78, 5) is 4.85. The fraction of sp³-hybridized carbons (Fsp3) is 0.533. The highest BCUT2D eigenvalue weighted by molar-refractivity contribution is 9.10. The van der Waals surface area contributed by atoms with Gasteiger partial charge >= 0.3 is 0 Å². The maximum Gasteiger partial charge on any atom is 0.123 e. The van der Waals surface area contributed by atoms with Crippen LogP contribution in [0.25, 0.3) is 0 Å². The van der Waals surface area contributed by atoms with Gasteiger partial charge in [0.15, 0.2) is 0 Å². The third kappa shape index (κ3) is 3.33. The van der Waals surface area contributed by atoms with Crippen LogP contribution in [0.1, 0.15) is 25.3 Å². The largest absolute Gasteiger partial charge is 0.384 e. The fourth-order valence-corrected chi connectivity index (χ4v) is 3.36. The zero-order chi connectivity index (χ0) is 14.7. The predicted molar refractivity (Wildman–Crippen MR) is 88.7 cm³/mol. The Hall–Kier alpha value is -1.07. The number of halogens is 1. The van der Waals surface area contributed by atoms with Crippen molar-refractivity contribution in [3.05, 3.63) is 28.2 Å². The number of amidine groups is 1. The summed E-state index contributed by atoms with van der Waals surface area (Å²) in [6.45, 7) is 5.73. The van der Waals surface area contributed by atoms with Crippen LogP contribution >= 0.6 is 15.9 Å². The quantitative estimate of drug-likeness (QED) is 0.655. The van der Waals surface area contributed by atoms with Gasteiger partial charge in [-0.2, -0.15) is 0 Å². The molecule has 1 aliphatic rings. The molecule has 2 rings (SSSR count). The van der Waals surface area contributed by atoms with Crippen LogP contribution in [0.15, 0.2) is 22.7 Å². The summed E-state index contributed by atoms with van der Waals surface area (Å²) in [6.07, 6.45) is 2.41. The molecule has 3 N–H and O–H groups in total. The Morgan fingerprint density at radius 3 is 2.60 bits per heavy atom. The third-order valence-corrected chi connectivity index (χ3v) is 4.86. The van der Waals surface area contributed by atoms with Gasteiger partial charge in [0.25, 0.3) is 0 Å². The van der Waals surface area contributed by atoms with Crippen LogP contribution in [0.2, 0.25) is 0 Å². The lowest BCUT2D eigenvalue weighted by Gasteiger charge is -2.37. The van der Waals surface area contributed by atoms with E-state index in [2.05, 4.69) is 45.8 Å². The normalized spacial score (nSPS) is 17.1. The van der Waals surface area contributed by atoms with Crippen molar-refractivity contribution in [2.24, 2.45) is 5.73 Å². The summed E-state index contributed by atoms with van der Waals surface area (Å²) in [5.74, 6) is 0.0994. The van der Waals surface area contributed by atoms with E-state index in [0.717, 1.165) is 16.6 Å². The lowest BCUT2D eigenvalue weighted by Crippen LogP contribution is -2.43. The molecule has 1 heterocycles. The fourth-order valence-electron chi connectivity index (χ4n) is 2.78. The molecule has 1 aromatic carbocycles. The van der Waals surface area contributed by atoms with E-state index in [1.807, 2.05) is 12.1 Å². The molecule has 0 aliphatic carbocycles. The van der Waals surface area contributed by atoms with Crippen LogP contribution in [-0.2, 0) is 0 Å². The minimum absolute atomic E-state index is 0.0994. The number of nitrogens with two attached hydrogens (primary N) is 1. The molecule has 1 aliphatic heterocycles. The van der Waals surface area contributed by atoms with Gasteiger partial charge in [0.2, 0.25) is 0 Å². The molecule has 1 aromatic rings. The molecule has 0 unspecified atom stereocenters. The summed E-state index contributed by atoms with van der Waals surface area (Å²) in [7, 11) is 2.15. The van der Waals surface area contributed by atoms with Crippen LogP contribution in [-0.4, -0.2) is 43.5 Å². The van der Waals surface area contributed by atoms with Crippen molar-refractivity contribution in [1.29, 1.82) is 5.41 Å². The molecule has 5 heteroatoms. The summed E-state index contributed by atoms with van der Waals surface area (Å²) in [5.41, 5.74) is 7.48. The predicted octanol–water partition coefficient (Wildman–Crippen LogP) is 2.65. The van der Waals surface area contributed by atoms with Crippen molar-refractivity contribution in [1.82, 2.24) is 4.90 Å². The summed E-state index contributed by atoms with van der Waals surface area (Å²) in [5, 5.41) is 7.52. The highest BCUT2D eigenvalue weighted by Crippen LogP contribution is 2.27. The average Bonchev–Trinajstić information content (AvgIpc) is 2.46. The van der Waals surface area contributed by atoms with Gasteiger partial charge in [-0.15, -0.1) is 0 Å². The minimum Gasteiger partial charge on any atom is -0.384 e. The Morgan fingerprint density at radius 2 is 2.10 bits per heavy atom. The molecular weight excluding hydrogens is 316 g/mol. The lowest BCUT2D eigenvalue weighted by molar-refractivity contribution is 0.221. The van der Waals surface area contributed by atoms with E-state index in [9.17, 15) is 0 Å². The van der Waals surface area contributed by atoms with Crippen molar-refractivity contribution in [3.63, 3.8) is 0 Å². The number of hydrogen-bond acceptors (Lipinski definition) is 3. The van der Waals surface area contributed by atoms with Crippen LogP contribution in [0.5, 0.6) is 0 Å². The van der Waals surface area contributed by atoms with Gasteiger partial charge in [-0.05, 0) is 53.5 Å². The molecular formula is C15H23BrN4. The van der Waals surface area contributed by atoms with E-state index in [0.29, 0.717) is 6.04 Å². The number of hydrogen-bond donors (Lipinski definition) is 2. The maximum atomic E-state index is 7.52. The van der Waals surface area contributed by atoms with Gasteiger partial charge in [0, 0.05) is 41.9 Å². The number of anilines is 1. The van der Waals surface area contributed by atoms with Gasteiger partial charge in [-0.3, -0.25) is 5.41 Å². The Bertz CT molecular complexity index is 481. The molecule has 1 saturated heterocycles. The molecule has 1 fully saturated rings. The highest BCUT2D eigenvalue weighted by atomic mass is 79.9. The first-order valence-corrected chi connectivity index (χ1v) is 7.91. The van der Waals surface area contributed by atoms with Crippen LogP contribution in [0, 0.1) is 5.41 Å². The standard InChI is InChI=1S/C15H23BrN4/c1-3-20-8-6-11(7-9-20)19(2)12-4-5-13(15(17)18)14(16)10-12/h4-5,10-11H,3,6-9H2,1-2H3,(H3,17,18). The molecule has 0 atom stereocenters. The number of nitrogens with one attached hydrogen (secondary N) is 1. The molecule has 110 valence electrons. The van der Waals surface area contributed by atoms with E-state index in [-0.39, 0.29) is 5.84 Å². The molecule has 0 aromatic heterocycles. The third-order valence-electron chi connectivity index (χ3n) is 4.20. The van der Waals surface area contributed by atoms with E-state index >= 15 is 0 Å². The van der Waals surface area contributed by atoms with Gasteiger partial charge < -0.3 is 15.5 Å². The summed E-state index contributed by atoms with van der Waals surface area (Å²) in [6, 6.07) is 6.61. The Morgan fingerprint density at radius 1 is 1.45 bits per heavy atom. The number of likely N-dealkylation sites (tertiary alicyclic amines) is 1. The first-order valence-electron chi connectivity index (χ1n) is 7.12. The molecule has 20 heavy (non-hydrogen) atoms. The molecule has 0 spiro atoms. The van der Waals surface area contributed by atoms with Gasteiger partial charge in [-0.1, -0.05) is 6.92 Å². The van der Waals surface area contributed by atoms with Crippen molar-refractivity contribution in [2.45, 2.75) is 25.8 Å². The van der Waals surface area contributed by atoms with Crippen LogP contribution in [0.3, 0.4) is 0 Å². The van der Waals surface area contributed by atoms with Gasteiger partial charge in [0.1, 0.15) is 5.84 Å². The molecule has 0 bridgehead atoms. The first kappa shape index (κ1) is 15.3. The SMILES string of the molecule is CCN1CCC(N(C)c2ccc(C(=N)N)c(Br)c2)CC1. The minimum atomic E-state index is 0.0994. The second kappa shape index (κ2) is 6.59. The summed E-state index contributed by atoms with van der Waals surface area (Å²) < 4.78 is 0.889. The number of benzene rings is 1. The number of nitrogen functional groups attached to an aromatic ring is 1. The van der Waals surface area contributed by atoms with E-state index in [1.54, 1.807) is 0 Å². The zero-order valence-corrected chi connectivity index (χ0v) is 13.8. The average molecular weight is 339 g/mol. The highest BCUT2D eigenvalue weighted by Gasteiger charge is 2.22. The Balaban J connectivity index is 2.08. The molecule has 0 amide bonds. The van der Waals surface area contributed by atoms with Crippen molar-refractivity contribution < 1.29 is 0 Å². The number of nitrogens with zero attached hydrogens (tertiary/aromatic N) is 2.